The molecule has 8 heteroatoms. The van der Waals surface area contributed by atoms with Gasteiger partial charge >= 0.3 is 6.61 Å². The van der Waals surface area contributed by atoms with Gasteiger partial charge in [-0.2, -0.15) is 8.78 Å². The Morgan fingerprint density at radius 3 is 2.50 bits per heavy atom. The minimum Gasteiger partial charge on any atom is -0.434 e. The van der Waals surface area contributed by atoms with Crippen LogP contribution < -0.4 is 10.1 Å². The molecule has 2 aliphatic rings. The van der Waals surface area contributed by atoms with E-state index < -0.39 is 6.61 Å². The highest BCUT2D eigenvalue weighted by atomic mass is 19.3. The van der Waals surface area contributed by atoms with Crippen molar-refractivity contribution in [3.63, 3.8) is 0 Å². The summed E-state index contributed by atoms with van der Waals surface area (Å²) in [6.45, 7) is 0.115. The number of piperazine rings is 1. The van der Waals surface area contributed by atoms with Crippen molar-refractivity contribution >= 4 is 11.8 Å². The van der Waals surface area contributed by atoms with E-state index in [0.717, 1.165) is 6.54 Å². The fraction of sp³-hybridized carbons (Fsp3) is 0.556. The molecule has 1 aromatic carbocycles. The van der Waals surface area contributed by atoms with Crippen LogP contribution in [-0.2, 0) is 4.79 Å². The highest BCUT2D eigenvalue weighted by molar-refractivity contribution is 5.97. The number of hydrogen-bond acceptors (Lipinski definition) is 4. The van der Waals surface area contributed by atoms with Crippen LogP contribution in [-0.4, -0.2) is 67.5 Å². The number of hydrogen-bond donors (Lipinski definition) is 1. The van der Waals surface area contributed by atoms with E-state index in [1.54, 1.807) is 17.0 Å². The average Bonchev–Trinajstić information content (AvgIpc) is 3.44. The van der Waals surface area contributed by atoms with Crippen molar-refractivity contribution in [2.24, 2.45) is 5.92 Å². The summed E-state index contributed by atoms with van der Waals surface area (Å²) >= 11 is 0. The van der Waals surface area contributed by atoms with Crippen molar-refractivity contribution in [1.82, 2.24) is 15.1 Å². The number of rotatable bonds is 7. The van der Waals surface area contributed by atoms with Crippen LogP contribution in [0, 0.1) is 5.92 Å². The van der Waals surface area contributed by atoms with Gasteiger partial charge in [-0.05, 0) is 30.9 Å². The molecule has 1 saturated carbocycles. The first-order valence-corrected chi connectivity index (χ1v) is 8.85. The zero-order valence-corrected chi connectivity index (χ0v) is 14.5. The second kappa shape index (κ2) is 8.44. The summed E-state index contributed by atoms with van der Waals surface area (Å²) in [5.41, 5.74) is 0.128. The van der Waals surface area contributed by atoms with Crippen LogP contribution in [0.1, 0.15) is 23.2 Å². The summed E-state index contributed by atoms with van der Waals surface area (Å²) in [5.74, 6) is 0.199. The molecule has 6 nitrogen and oxygen atoms in total. The molecular formula is C18H23F2N3O3. The van der Waals surface area contributed by atoms with Gasteiger partial charge in [-0.3, -0.25) is 14.5 Å². The Hall–Kier alpha value is -2.22. The number of para-hydroxylation sites is 1. The van der Waals surface area contributed by atoms with Crippen LogP contribution >= 0.6 is 0 Å². The van der Waals surface area contributed by atoms with E-state index in [9.17, 15) is 18.4 Å². The summed E-state index contributed by atoms with van der Waals surface area (Å²) in [6, 6.07) is 6.01. The molecule has 0 atom stereocenters. The molecule has 0 spiro atoms. The lowest BCUT2D eigenvalue weighted by molar-refractivity contribution is -0.122. The normalized spacial score (nSPS) is 18.0. The van der Waals surface area contributed by atoms with E-state index in [4.69, 9.17) is 0 Å². The number of benzene rings is 1. The van der Waals surface area contributed by atoms with Crippen molar-refractivity contribution < 1.29 is 23.1 Å². The maximum Gasteiger partial charge on any atom is 0.387 e. The Morgan fingerprint density at radius 1 is 1.15 bits per heavy atom. The Labute approximate surface area is 151 Å². The molecule has 142 valence electrons. The molecule has 1 aliphatic heterocycles. The third-order valence-electron chi connectivity index (χ3n) is 4.65. The SMILES string of the molecule is O=C(CN1CCN(C(=O)c2ccccc2OC(F)F)CC1)NCC1CC1. The predicted octanol–water partition coefficient (Wildman–Crippen LogP) is 1.57. The molecule has 2 fully saturated rings. The monoisotopic (exact) mass is 367 g/mol. The standard InChI is InChI=1S/C18H23F2N3O3/c19-18(20)26-15-4-2-1-3-14(15)17(25)23-9-7-22(8-10-23)12-16(24)21-11-13-5-6-13/h1-4,13,18H,5-12H2,(H,21,24). The molecule has 1 aromatic rings. The van der Waals surface area contributed by atoms with Crippen LogP contribution in [0.15, 0.2) is 24.3 Å². The highest BCUT2D eigenvalue weighted by Crippen LogP contribution is 2.27. The number of nitrogens with one attached hydrogen (secondary N) is 1. The summed E-state index contributed by atoms with van der Waals surface area (Å²) < 4.78 is 29.4. The molecule has 3 rings (SSSR count). The second-order valence-corrected chi connectivity index (χ2v) is 6.69. The molecule has 0 unspecified atom stereocenters. The predicted molar refractivity (Wildman–Crippen MR) is 91.2 cm³/mol. The Balaban J connectivity index is 1.49. The summed E-state index contributed by atoms with van der Waals surface area (Å²) in [6.07, 6.45) is 2.38. The molecule has 0 radical (unpaired) electrons. The minimum absolute atomic E-state index is 0.00681. The molecule has 1 heterocycles. The number of carbonyl (C=O) groups is 2. The third kappa shape index (κ3) is 5.14. The first-order chi connectivity index (χ1) is 12.5. The Bertz CT molecular complexity index is 644. The smallest absolute Gasteiger partial charge is 0.387 e. The molecular weight excluding hydrogens is 344 g/mol. The van der Waals surface area contributed by atoms with Gasteiger partial charge in [-0.15, -0.1) is 0 Å². The maximum absolute atomic E-state index is 12.6. The average molecular weight is 367 g/mol. The van der Waals surface area contributed by atoms with Gasteiger partial charge in [0.1, 0.15) is 5.75 Å². The Kier molecular flexibility index (Phi) is 6.03. The quantitative estimate of drug-likeness (QED) is 0.795. The number of ether oxygens (including phenoxy) is 1. The number of halogens is 2. The highest BCUT2D eigenvalue weighted by Gasteiger charge is 2.26. The topological polar surface area (TPSA) is 61.9 Å². The van der Waals surface area contributed by atoms with Gasteiger partial charge in [0.05, 0.1) is 12.1 Å². The van der Waals surface area contributed by atoms with Gasteiger partial charge in [0.25, 0.3) is 5.91 Å². The first-order valence-electron chi connectivity index (χ1n) is 8.85. The van der Waals surface area contributed by atoms with Gasteiger partial charge < -0.3 is 15.0 Å². The molecule has 1 N–H and O–H groups in total. The van der Waals surface area contributed by atoms with Crippen molar-refractivity contribution in [3.05, 3.63) is 29.8 Å². The Morgan fingerprint density at radius 2 is 1.85 bits per heavy atom. The van der Waals surface area contributed by atoms with E-state index in [1.165, 1.54) is 25.0 Å². The van der Waals surface area contributed by atoms with E-state index in [1.807, 2.05) is 4.90 Å². The number of alkyl halides is 2. The van der Waals surface area contributed by atoms with E-state index in [2.05, 4.69) is 10.1 Å². The van der Waals surface area contributed by atoms with Gasteiger partial charge in [-0.1, -0.05) is 12.1 Å². The summed E-state index contributed by atoms with van der Waals surface area (Å²) in [5, 5.41) is 2.93. The van der Waals surface area contributed by atoms with Crippen LogP contribution in [0.5, 0.6) is 5.75 Å². The van der Waals surface area contributed by atoms with Crippen LogP contribution in [0.3, 0.4) is 0 Å². The molecule has 1 aliphatic carbocycles. The van der Waals surface area contributed by atoms with E-state index in [-0.39, 0.29) is 23.1 Å². The van der Waals surface area contributed by atoms with Crippen molar-refractivity contribution in [2.75, 3.05) is 39.3 Å². The minimum atomic E-state index is -2.98. The lowest BCUT2D eigenvalue weighted by Crippen LogP contribution is -2.51. The molecule has 1 saturated heterocycles. The van der Waals surface area contributed by atoms with Crippen molar-refractivity contribution in [1.29, 1.82) is 0 Å². The zero-order valence-electron chi connectivity index (χ0n) is 14.5. The van der Waals surface area contributed by atoms with Gasteiger partial charge in [-0.25, -0.2) is 0 Å². The molecule has 0 aromatic heterocycles. The number of nitrogens with zero attached hydrogens (tertiary/aromatic N) is 2. The molecule has 2 amide bonds. The van der Waals surface area contributed by atoms with Crippen LogP contribution in [0.25, 0.3) is 0 Å². The van der Waals surface area contributed by atoms with Gasteiger partial charge in [0, 0.05) is 32.7 Å². The molecule has 26 heavy (non-hydrogen) atoms. The largest absolute Gasteiger partial charge is 0.434 e. The molecule has 0 bridgehead atoms. The fourth-order valence-electron chi connectivity index (χ4n) is 2.96. The van der Waals surface area contributed by atoms with Crippen molar-refractivity contribution in [3.8, 4) is 5.75 Å². The lowest BCUT2D eigenvalue weighted by Gasteiger charge is -2.34. The first kappa shape index (κ1) is 18.6. The fourth-order valence-corrected chi connectivity index (χ4v) is 2.96. The van der Waals surface area contributed by atoms with Crippen LogP contribution in [0.2, 0.25) is 0 Å². The van der Waals surface area contributed by atoms with E-state index in [0.29, 0.717) is 38.6 Å². The third-order valence-corrected chi connectivity index (χ3v) is 4.65. The van der Waals surface area contributed by atoms with E-state index >= 15 is 0 Å². The van der Waals surface area contributed by atoms with Gasteiger partial charge in [0.2, 0.25) is 5.91 Å². The lowest BCUT2D eigenvalue weighted by atomic mass is 10.1. The number of amides is 2. The summed E-state index contributed by atoms with van der Waals surface area (Å²) in [4.78, 5) is 28.1. The summed E-state index contributed by atoms with van der Waals surface area (Å²) in [7, 11) is 0. The van der Waals surface area contributed by atoms with Crippen LogP contribution in [0.4, 0.5) is 8.78 Å². The van der Waals surface area contributed by atoms with Crippen molar-refractivity contribution in [2.45, 2.75) is 19.5 Å². The maximum atomic E-state index is 12.6. The second-order valence-electron chi connectivity index (χ2n) is 6.69. The number of carbonyl (C=O) groups excluding carboxylic acids is 2. The zero-order chi connectivity index (χ0) is 18.5. The van der Waals surface area contributed by atoms with Gasteiger partial charge in [0.15, 0.2) is 0 Å².